The first-order valence-electron chi connectivity index (χ1n) is 7.62. The Kier molecular flexibility index (Phi) is 4.51. The number of esters is 1. The SMILES string of the molecule is CCC1CCC(C)N1C1CCC(NC)(C(=O)OC)C1. The summed E-state index contributed by atoms with van der Waals surface area (Å²) in [5.41, 5.74) is -0.458. The summed E-state index contributed by atoms with van der Waals surface area (Å²) in [7, 11) is 3.37. The molecule has 4 unspecified atom stereocenters. The standard InChI is InChI=1S/C15H28N2O2/c1-5-12-7-6-11(2)17(12)13-8-9-15(10-13,16-3)14(18)19-4/h11-13,16H,5-10H2,1-4H3. The Hall–Kier alpha value is -0.610. The largest absolute Gasteiger partial charge is 0.468 e. The minimum Gasteiger partial charge on any atom is -0.468 e. The van der Waals surface area contributed by atoms with Gasteiger partial charge >= 0.3 is 5.97 Å². The Morgan fingerprint density at radius 2 is 2.16 bits per heavy atom. The molecular weight excluding hydrogens is 240 g/mol. The van der Waals surface area contributed by atoms with Gasteiger partial charge < -0.3 is 10.1 Å². The van der Waals surface area contributed by atoms with Crippen molar-refractivity contribution in [2.24, 2.45) is 0 Å². The fourth-order valence-electron chi connectivity index (χ4n) is 4.15. The van der Waals surface area contributed by atoms with Crippen LogP contribution in [0.1, 0.15) is 52.4 Å². The minimum absolute atomic E-state index is 0.0996. The smallest absolute Gasteiger partial charge is 0.326 e. The molecule has 1 saturated carbocycles. The normalized spacial score (nSPS) is 39.7. The molecule has 2 rings (SSSR count). The van der Waals surface area contributed by atoms with E-state index in [2.05, 4.69) is 24.1 Å². The van der Waals surface area contributed by atoms with Gasteiger partial charge in [-0.05, 0) is 52.5 Å². The van der Waals surface area contributed by atoms with Crippen LogP contribution in [0.3, 0.4) is 0 Å². The maximum atomic E-state index is 12.1. The Morgan fingerprint density at radius 3 is 2.74 bits per heavy atom. The van der Waals surface area contributed by atoms with Crippen molar-refractivity contribution < 1.29 is 9.53 Å². The lowest BCUT2D eigenvalue weighted by Gasteiger charge is -2.35. The van der Waals surface area contributed by atoms with Crippen molar-refractivity contribution in [3.63, 3.8) is 0 Å². The lowest BCUT2D eigenvalue weighted by atomic mass is 9.97. The molecule has 4 nitrogen and oxygen atoms in total. The second-order valence-electron chi connectivity index (χ2n) is 6.16. The predicted molar refractivity (Wildman–Crippen MR) is 76.1 cm³/mol. The van der Waals surface area contributed by atoms with Gasteiger partial charge in [-0.1, -0.05) is 6.92 Å². The van der Waals surface area contributed by atoms with Crippen LogP contribution in [0, 0.1) is 0 Å². The minimum atomic E-state index is -0.458. The molecule has 0 radical (unpaired) electrons. The number of likely N-dealkylation sites (tertiary alicyclic amines) is 1. The number of nitrogens with one attached hydrogen (secondary N) is 1. The summed E-state index contributed by atoms with van der Waals surface area (Å²) in [4.78, 5) is 14.7. The highest BCUT2D eigenvalue weighted by Gasteiger charge is 2.49. The third-order valence-electron chi connectivity index (χ3n) is 5.28. The van der Waals surface area contributed by atoms with Crippen molar-refractivity contribution >= 4 is 5.97 Å². The van der Waals surface area contributed by atoms with Crippen LogP contribution in [-0.4, -0.2) is 48.7 Å². The van der Waals surface area contributed by atoms with Crippen LogP contribution in [-0.2, 0) is 9.53 Å². The van der Waals surface area contributed by atoms with Crippen molar-refractivity contribution in [1.29, 1.82) is 0 Å². The Bertz CT molecular complexity index is 334. The first-order chi connectivity index (χ1) is 9.07. The van der Waals surface area contributed by atoms with E-state index in [1.807, 2.05) is 7.05 Å². The summed E-state index contributed by atoms with van der Waals surface area (Å²) in [6.07, 6.45) is 6.68. The van der Waals surface area contributed by atoms with Crippen LogP contribution < -0.4 is 5.32 Å². The fraction of sp³-hybridized carbons (Fsp3) is 0.933. The number of likely N-dealkylation sites (N-methyl/N-ethyl adjacent to an activating group) is 1. The van der Waals surface area contributed by atoms with E-state index in [0.29, 0.717) is 18.1 Å². The molecule has 2 aliphatic rings. The topological polar surface area (TPSA) is 41.6 Å². The first-order valence-corrected chi connectivity index (χ1v) is 7.62. The zero-order valence-corrected chi connectivity index (χ0v) is 12.7. The van der Waals surface area contributed by atoms with E-state index in [4.69, 9.17) is 4.74 Å². The third-order valence-corrected chi connectivity index (χ3v) is 5.28. The molecule has 1 heterocycles. The average molecular weight is 268 g/mol. The van der Waals surface area contributed by atoms with E-state index in [1.54, 1.807) is 0 Å². The van der Waals surface area contributed by atoms with Gasteiger partial charge in [0.2, 0.25) is 0 Å². The van der Waals surface area contributed by atoms with Crippen molar-refractivity contribution in [1.82, 2.24) is 10.2 Å². The third kappa shape index (κ3) is 2.52. The summed E-state index contributed by atoms with van der Waals surface area (Å²) in [6, 6.07) is 1.87. The van der Waals surface area contributed by atoms with Crippen molar-refractivity contribution in [3.05, 3.63) is 0 Å². The molecule has 1 aliphatic heterocycles. The average Bonchev–Trinajstić information content (AvgIpc) is 3.01. The molecule has 19 heavy (non-hydrogen) atoms. The van der Waals surface area contributed by atoms with Gasteiger partial charge in [0.15, 0.2) is 0 Å². The number of methoxy groups -OCH3 is 1. The van der Waals surface area contributed by atoms with Crippen LogP contribution in [0.2, 0.25) is 0 Å². The molecule has 1 saturated heterocycles. The van der Waals surface area contributed by atoms with Gasteiger partial charge in [0.1, 0.15) is 5.54 Å². The van der Waals surface area contributed by atoms with Gasteiger partial charge in [0.05, 0.1) is 7.11 Å². The molecule has 0 spiro atoms. The quantitative estimate of drug-likeness (QED) is 0.791. The summed E-state index contributed by atoms with van der Waals surface area (Å²) in [5.74, 6) is -0.0996. The van der Waals surface area contributed by atoms with Gasteiger partial charge in [-0.2, -0.15) is 0 Å². The summed E-state index contributed by atoms with van der Waals surface area (Å²) in [6.45, 7) is 4.60. The molecule has 1 N–H and O–H groups in total. The molecule has 110 valence electrons. The Labute approximate surface area is 116 Å². The van der Waals surface area contributed by atoms with E-state index in [9.17, 15) is 4.79 Å². The van der Waals surface area contributed by atoms with E-state index >= 15 is 0 Å². The van der Waals surface area contributed by atoms with Gasteiger partial charge in [0, 0.05) is 18.1 Å². The van der Waals surface area contributed by atoms with Gasteiger partial charge in [0.25, 0.3) is 0 Å². The highest BCUT2D eigenvalue weighted by atomic mass is 16.5. The van der Waals surface area contributed by atoms with E-state index in [1.165, 1.54) is 26.4 Å². The monoisotopic (exact) mass is 268 g/mol. The summed E-state index contributed by atoms with van der Waals surface area (Å²) in [5, 5.41) is 3.23. The van der Waals surface area contributed by atoms with E-state index < -0.39 is 5.54 Å². The molecule has 0 bridgehead atoms. The summed E-state index contributed by atoms with van der Waals surface area (Å²) >= 11 is 0. The molecule has 0 aromatic rings. The first kappa shape index (κ1) is 14.8. The predicted octanol–water partition coefficient (Wildman–Crippen LogP) is 1.93. The van der Waals surface area contributed by atoms with Crippen LogP contribution >= 0.6 is 0 Å². The molecule has 0 amide bonds. The number of ether oxygens (including phenoxy) is 1. The highest BCUT2D eigenvalue weighted by Crippen LogP contribution is 2.39. The number of nitrogens with zero attached hydrogens (tertiary/aromatic N) is 1. The second-order valence-corrected chi connectivity index (χ2v) is 6.16. The lowest BCUT2D eigenvalue weighted by Crippen LogP contribution is -2.51. The molecule has 1 aliphatic carbocycles. The molecule has 0 aromatic carbocycles. The highest BCUT2D eigenvalue weighted by molar-refractivity contribution is 5.81. The van der Waals surface area contributed by atoms with Gasteiger partial charge in [-0.15, -0.1) is 0 Å². The van der Waals surface area contributed by atoms with E-state index in [0.717, 1.165) is 19.3 Å². The second kappa shape index (κ2) is 5.80. The number of rotatable bonds is 4. The Morgan fingerprint density at radius 1 is 1.42 bits per heavy atom. The maximum absolute atomic E-state index is 12.1. The van der Waals surface area contributed by atoms with Crippen LogP contribution in [0.4, 0.5) is 0 Å². The summed E-state index contributed by atoms with van der Waals surface area (Å²) < 4.78 is 5.00. The van der Waals surface area contributed by atoms with Crippen molar-refractivity contribution in [3.8, 4) is 0 Å². The fourth-order valence-corrected chi connectivity index (χ4v) is 4.15. The van der Waals surface area contributed by atoms with Crippen LogP contribution in [0.5, 0.6) is 0 Å². The zero-order chi connectivity index (χ0) is 14.0. The Balaban J connectivity index is 2.10. The molecule has 4 heteroatoms. The lowest BCUT2D eigenvalue weighted by molar-refractivity contribution is -0.148. The number of carbonyl (C=O) groups excluding carboxylic acids is 1. The zero-order valence-electron chi connectivity index (χ0n) is 12.7. The van der Waals surface area contributed by atoms with Crippen LogP contribution in [0.25, 0.3) is 0 Å². The molecule has 2 fully saturated rings. The van der Waals surface area contributed by atoms with Gasteiger partial charge in [-0.3, -0.25) is 9.69 Å². The van der Waals surface area contributed by atoms with E-state index in [-0.39, 0.29) is 5.97 Å². The van der Waals surface area contributed by atoms with Crippen molar-refractivity contribution in [2.75, 3.05) is 14.2 Å². The number of hydrogen-bond donors (Lipinski definition) is 1. The maximum Gasteiger partial charge on any atom is 0.326 e. The molecular formula is C15H28N2O2. The molecule has 4 atom stereocenters. The number of hydrogen-bond acceptors (Lipinski definition) is 4. The van der Waals surface area contributed by atoms with Gasteiger partial charge in [-0.25, -0.2) is 0 Å². The van der Waals surface area contributed by atoms with Crippen LogP contribution in [0.15, 0.2) is 0 Å². The number of carbonyl (C=O) groups is 1. The van der Waals surface area contributed by atoms with Crippen molar-refractivity contribution in [2.45, 2.75) is 76.0 Å². The molecule has 0 aromatic heterocycles.